The van der Waals surface area contributed by atoms with Crippen molar-refractivity contribution in [3.63, 3.8) is 0 Å². The molecule has 3 aliphatic rings. The van der Waals surface area contributed by atoms with Crippen molar-refractivity contribution in [2.24, 2.45) is 11.8 Å². The van der Waals surface area contributed by atoms with Gasteiger partial charge in [0.05, 0.1) is 23.6 Å². The van der Waals surface area contributed by atoms with E-state index in [1.54, 1.807) is 66.7 Å². The molecule has 1 spiro atoms. The summed E-state index contributed by atoms with van der Waals surface area (Å²) in [6.07, 6.45) is -0.898. The number of nitrogens with zero attached hydrogens (tertiary/aromatic N) is 1. The highest BCUT2D eigenvalue weighted by Crippen LogP contribution is 2.57. The van der Waals surface area contributed by atoms with Crippen molar-refractivity contribution in [1.29, 1.82) is 0 Å². The van der Waals surface area contributed by atoms with E-state index in [0.717, 1.165) is 10.5 Å². The van der Waals surface area contributed by atoms with Crippen LogP contribution in [0.15, 0.2) is 78.9 Å². The highest BCUT2D eigenvalue weighted by Gasteiger charge is 2.74. The molecule has 3 aromatic carbocycles. The van der Waals surface area contributed by atoms with Crippen LogP contribution in [0.25, 0.3) is 0 Å². The standard InChI is InChI=1S/C27H19NO5/c1-15-8-7-11-17(14-15)28-25(31)20-21(26(28)32)27(33-22(20)16-9-3-2-4-10-16)23(29)18-12-5-6-13-19(18)24(27)30/h2-14,20-22H,1H3/t20-,21-,22-/m0/s1. The zero-order chi connectivity index (χ0) is 22.9. The second-order valence-corrected chi connectivity index (χ2v) is 8.74. The SMILES string of the molecule is Cc1cccc(N2C(=O)[C@H]3[C@@H](C2=O)C2(O[C@H]3c3ccccc3)C(=O)c3ccccc3C2=O)c1. The van der Waals surface area contributed by atoms with Crippen molar-refractivity contribution < 1.29 is 23.9 Å². The van der Waals surface area contributed by atoms with Crippen molar-refractivity contribution in [2.75, 3.05) is 4.90 Å². The number of ketones is 2. The van der Waals surface area contributed by atoms with E-state index in [1.165, 1.54) is 0 Å². The monoisotopic (exact) mass is 437 g/mol. The molecule has 162 valence electrons. The van der Waals surface area contributed by atoms with Crippen LogP contribution in [-0.2, 0) is 14.3 Å². The summed E-state index contributed by atoms with van der Waals surface area (Å²) in [5.41, 5.74) is 0.370. The topological polar surface area (TPSA) is 80.8 Å². The number of hydrogen-bond donors (Lipinski definition) is 0. The molecule has 0 N–H and O–H groups in total. The summed E-state index contributed by atoms with van der Waals surface area (Å²) in [6, 6.07) is 22.5. The molecule has 0 saturated carbocycles. The van der Waals surface area contributed by atoms with Gasteiger partial charge in [0, 0.05) is 11.1 Å². The summed E-state index contributed by atoms with van der Waals surface area (Å²) in [5.74, 6) is -4.36. The van der Waals surface area contributed by atoms with Crippen LogP contribution in [0.4, 0.5) is 5.69 Å². The average Bonchev–Trinajstić information content (AvgIpc) is 3.40. The quantitative estimate of drug-likeness (QED) is 0.451. The Kier molecular flexibility index (Phi) is 4.07. The lowest BCUT2D eigenvalue weighted by Crippen LogP contribution is -2.51. The van der Waals surface area contributed by atoms with Gasteiger partial charge in [0.15, 0.2) is 0 Å². The predicted octanol–water partition coefficient (Wildman–Crippen LogP) is 3.69. The fourth-order valence-corrected chi connectivity index (χ4v) is 5.48. The van der Waals surface area contributed by atoms with Crippen molar-refractivity contribution >= 4 is 29.1 Å². The van der Waals surface area contributed by atoms with Gasteiger partial charge in [0.25, 0.3) is 0 Å². The maximum Gasteiger partial charge on any atom is 0.241 e. The normalized spacial score (nSPS) is 25.1. The van der Waals surface area contributed by atoms with E-state index in [-0.39, 0.29) is 11.1 Å². The van der Waals surface area contributed by atoms with Crippen LogP contribution >= 0.6 is 0 Å². The Hall–Kier alpha value is -3.90. The minimum Gasteiger partial charge on any atom is -0.349 e. The van der Waals surface area contributed by atoms with E-state index in [9.17, 15) is 19.2 Å². The Bertz CT molecular complexity index is 1330. The maximum absolute atomic E-state index is 13.8. The molecule has 3 aromatic rings. The number of carbonyl (C=O) groups is 4. The molecular weight excluding hydrogens is 418 g/mol. The largest absolute Gasteiger partial charge is 0.349 e. The molecule has 3 atom stereocenters. The molecule has 2 fully saturated rings. The third kappa shape index (κ3) is 2.47. The first-order chi connectivity index (χ1) is 15.9. The lowest BCUT2D eigenvalue weighted by atomic mass is 9.77. The number of ether oxygens (including phenoxy) is 1. The molecular formula is C27H19NO5. The van der Waals surface area contributed by atoms with Crippen molar-refractivity contribution in [2.45, 2.75) is 18.6 Å². The number of amides is 2. The molecule has 0 unspecified atom stereocenters. The zero-order valence-electron chi connectivity index (χ0n) is 17.7. The van der Waals surface area contributed by atoms with Gasteiger partial charge in [-0.25, -0.2) is 4.90 Å². The Labute approximate surface area is 189 Å². The third-order valence-corrected chi connectivity index (χ3v) is 6.91. The summed E-state index contributed by atoms with van der Waals surface area (Å²) in [5, 5.41) is 0. The number of benzene rings is 3. The van der Waals surface area contributed by atoms with E-state index in [0.29, 0.717) is 11.3 Å². The molecule has 2 saturated heterocycles. The van der Waals surface area contributed by atoms with E-state index in [2.05, 4.69) is 0 Å². The number of Topliss-reactive ketones (excluding diaryl/α,β-unsaturated/α-hetero) is 2. The molecule has 6 rings (SSSR count). The van der Waals surface area contributed by atoms with Gasteiger partial charge in [-0.3, -0.25) is 19.2 Å². The Morgan fingerprint density at radius 1 is 0.758 bits per heavy atom. The van der Waals surface area contributed by atoms with Crippen molar-refractivity contribution in [3.8, 4) is 0 Å². The summed E-state index contributed by atoms with van der Waals surface area (Å²) < 4.78 is 6.25. The van der Waals surface area contributed by atoms with Gasteiger partial charge in [-0.1, -0.05) is 66.7 Å². The molecule has 2 heterocycles. The van der Waals surface area contributed by atoms with Gasteiger partial charge in [0.2, 0.25) is 29.0 Å². The first-order valence-electron chi connectivity index (χ1n) is 10.8. The molecule has 2 amide bonds. The van der Waals surface area contributed by atoms with Crippen LogP contribution in [0, 0.1) is 18.8 Å². The van der Waals surface area contributed by atoms with Crippen LogP contribution in [0.2, 0.25) is 0 Å². The number of fused-ring (bicyclic) bond motifs is 3. The molecule has 6 heteroatoms. The summed E-state index contributed by atoms with van der Waals surface area (Å²) >= 11 is 0. The average molecular weight is 437 g/mol. The Balaban J connectivity index is 1.56. The second kappa shape index (κ2) is 6.80. The van der Waals surface area contributed by atoms with Gasteiger partial charge in [-0.05, 0) is 30.2 Å². The van der Waals surface area contributed by atoms with Gasteiger partial charge in [-0.2, -0.15) is 0 Å². The lowest BCUT2D eigenvalue weighted by Gasteiger charge is -2.27. The fraction of sp³-hybridized carbons (Fsp3) is 0.185. The van der Waals surface area contributed by atoms with Gasteiger partial charge in [0.1, 0.15) is 0 Å². The Morgan fingerprint density at radius 2 is 1.39 bits per heavy atom. The van der Waals surface area contributed by atoms with Crippen LogP contribution in [0.1, 0.15) is 37.9 Å². The van der Waals surface area contributed by atoms with Crippen molar-refractivity contribution in [1.82, 2.24) is 0 Å². The van der Waals surface area contributed by atoms with Gasteiger partial charge >= 0.3 is 0 Å². The minimum absolute atomic E-state index is 0.226. The molecule has 6 nitrogen and oxygen atoms in total. The number of aryl methyl sites for hydroxylation is 1. The van der Waals surface area contributed by atoms with E-state index in [4.69, 9.17) is 4.74 Å². The zero-order valence-corrected chi connectivity index (χ0v) is 17.7. The van der Waals surface area contributed by atoms with Gasteiger partial charge < -0.3 is 4.74 Å². The van der Waals surface area contributed by atoms with E-state index >= 15 is 0 Å². The minimum atomic E-state index is -2.04. The number of carbonyl (C=O) groups excluding carboxylic acids is 4. The molecule has 1 aliphatic carbocycles. The smallest absolute Gasteiger partial charge is 0.241 e. The summed E-state index contributed by atoms with van der Waals surface area (Å²) in [7, 11) is 0. The molecule has 2 aliphatic heterocycles. The predicted molar refractivity (Wildman–Crippen MR) is 119 cm³/mol. The number of hydrogen-bond acceptors (Lipinski definition) is 5. The summed E-state index contributed by atoms with van der Waals surface area (Å²) in [4.78, 5) is 56.0. The van der Waals surface area contributed by atoms with E-state index < -0.39 is 46.9 Å². The summed E-state index contributed by atoms with van der Waals surface area (Å²) in [6.45, 7) is 1.87. The lowest BCUT2D eigenvalue weighted by molar-refractivity contribution is -0.127. The van der Waals surface area contributed by atoms with Crippen LogP contribution in [0.3, 0.4) is 0 Å². The van der Waals surface area contributed by atoms with Crippen molar-refractivity contribution in [3.05, 3.63) is 101 Å². The number of rotatable bonds is 2. The van der Waals surface area contributed by atoms with Crippen LogP contribution in [0.5, 0.6) is 0 Å². The number of anilines is 1. The molecule has 33 heavy (non-hydrogen) atoms. The third-order valence-electron chi connectivity index (χ3n) is 6.91. The molecule has 0 radical (unpaired) electrons. The highest BCUT2D eigenvalue weighted by atomic mass is 16.5. The van der Waals surface area contributed by atoms with Crippen LogP contribution < -0.4 is 4.90 Å². The maximum atomic E-state index is 13.8. The van der Waals surface area contributed by atoms with Crippen LogP contribution in [-0.4, -0.2) is 29.0 Å². The first kappa shape index (κ1) is 19.8. The first-order valence-corrected chi connectivity index (χ1v) is 10.8. The second-order valence-electron chi connectivity index (χ2n) is 8.74. The molecule has 0 bridgehead atoms. The molecule has 0 aromatic heterocycles. The highest BCUT2D eigenvalue weighted by molar-refractivity contribution is 6.37. The fourth-order valence-electron chi connectivity index (χ4n) is 5.48. The number of imide groups is 1. The van der Waals surface area contributed by atoms with E-state index in [1.807, 2.05) is 19.1 Å². The Morgan fingerprint density at radius 3 is 2.03 bits per heavy atom. The van der Waals surface area contributed by atoms with Gasteiger partial charge in [-0.15, -0.1) is 0 Å².